The zero-order chi connectivity index (χ0) is 9.52. The quantitative estimate of drug-likeness (QED) is 0.609. The highest BCUT2D eigenvalue weighted by Gasteiger charge is 1.91. The number of benzene rings is 1. The first-order chi connectivity index (χ1) is 6.33. The Morgan fingerprint density at radius 2 is 2.31 bits per heavy atom. The molecule has 1 aromatic carbocycles. The molecule has 0 spiro atoms. The van der Waals surface area contributed by atoms with Gasteiger partial charge < -0.3 is 5.32 Å². The monoisotopic (exact) mass is 239 g/mol. The molecule has 0 fully saturated rings. The molecule has 0 radical (unpaired) electrons. The lowest BCUT2D eigenvalue weighted by Gasteiger charge is -2.04. The second kappa shape index (κ2) is 5.81. The van der Waals surface area contributed by atoms with E-state index in [0.29, 0.717) is 0 Å². The van der Waals surface area contributed by atoms with Gasteiger partial charge in [-0.15, -0.1) is 6.58 Å². The van der Waals surface area contributed by atoms with Crippen molar-refractivity contribution in [3.63, 3.8) is 0 Å². The first kappa shape index (κ1) is 10.3. The van der Waals surface area contributed by atoms with Gasteiger partial charge in [-0.3, -0.25) is 0 Å². The summed E-state index contributed by atoms with van der Waals surface area (Å²) in [5.41, 5.74) is 1.17. The second-order valence-electron chi connectivity index (χ2n) is 2.87. The minimum Gasteiger partial charge on any atom is -0.385 e. The van der Waals surface area contributed by atoms with Crippen molar-refractivity contribution in [2.24, 2.45) is 0 Å². The van der Waals surface area contributed by atoms with Crippen LogP contribution in [0.5, 0.6) is 0 Å². The van der Waals surface area contributed by atoms with Crippen molar-refractivity contribution in [1.29, 1.82) is 0 Å². The molecule has 1 N–H and O–H groups in total. The van der Waals surface area contributed by atoms with Crippen LogP contribution in [0.2, 0.25) is 0 Å². The molecule has 1 rings (SSSR count). The minimum atomic E-state index is 1.00. The van der Waals surface area contributed by atoms with Crippen molar-refractivity contribution in [3.8, 4) is 0 Å². The number of halogens is 1. The maximum atomic E-state index is 3.68. The van der Waals surface area contributed by atoms with E-state index in [9.17, 15) is 0 Å². The van der Waals surface area contributed by atoms with Gasteiger partial charge in [-0.2, -0.15) is 0 Å². The van der Waals surface area contributed by atoms with Crippen LogP contribution in [0.3, 0.4) is 0 Å². The zero-order valence-electron chi connectivity index (χ0n) is 7.59. The maximum absolute atomic E-state index is 3.68. The number of rotatable bonds is 5. The second-order valence-corrected chi connectivity index (χ2v) is 3.78. The molecule has 0 unspecified atom stereocenters. The van der Waals surface area contributed by atoms with E-state index in [1.165, 1.54) is 5.69 Å². The predicted molar refractivity (Wildman–Crippen MR) is 62.1 cm³/mol. The summed E-state index contributed by atoms with van der Waals surface area (Å²) in [5, 5.41) is 3.34. The lowest BCUT2D eigenvalue weighted by Crippen LogP contribution is -2.00. The van der Waals surface area contributed by atoms with Gasteiger partial charge in [0.25, 0.3) is 0 Å². The molecule has 0 aliphatic heterocycles. The molecule has 0 atom stereocenters. The van der Waals surface area contributed by atoms with Crippen LogP contribution in [-0.2, 0) is 0 Å². The molecule has 1 nitrogen and oxygen atoms in total. The van der Waals surface area contributed by atoms with E-state index in [4.69, 9.17) is 0 Å². The normalized spacial score (nSPS) is 9.62. The Kier molecular flexibility index (Phi) is 4.61. The van der Waals surface area contributed by atoms with Crippen molar-refractivity contribution < 1.29 is 0 Å². The van der Waals surface area contributed by atoms with E-state index in [2.05, 4.69) is 40.0 Å². The lowest BCUT2D eigenvalue weighted by atomic mass is 10.3. The molecule has 2 heteroatoms. The molecule has 0 saturated carbocycles. The maximum Gasteiger partial charge on any atom is 0.0351 e. The number of nitrogens with one attached hydrogen (secondary N) is 1. The molecule has 0 heterocycles. The summed E-state index contributed by atoms with van der Waals surface area (Å²) in [6, 6.07) is 8.20. The van der Waals surface area contributed by atoms with Gasteiger partial charge in [0.05, 0.1) is 0 Å². The standard InChI is InChI=1S/C11H14BrN/c1-2-3-4-8-13-11-7-5-6-10(12)9-11/h2,5-7,9,13H,1,3-4,8H2. The van der Waals surface area contributed by atoms with E-state index >= 15 is 0 Å². The van der Waals surface area contributed by atoms with Crippen molar-refractivity contribution >= 4 is 21.6 Å². The molecule has 1 aromatic rings. The molecule has 0 aromatic heterocycles. The Morgan fingerprint density at radius 3 is 3.00 bits per heavy atom. The summed E-state index contributed by atoms with van der Waals surface area (Å²) in [6.07, 6.45) is 4.15. The SMILES string of the molecule is C=CCCCNc1cccc(Br)c1. The molecule has 13 heavy (non-hydrogen) atoms. The van der Waals surface area contributed by atoms with Gasteiger partial charge in [0.1, 0.15) is 0 Å². The summed E-state index contributed by atoms with van der Waals surface area (Å²) in [5.74, 6) is 0. The molecular weight excluding hydrogens is 226 g/mol. The Morgan fingerprint density at radius 1 is 1.46 bits per heavy atom. The van der Waals surface area contributed by atoms with Crippen LogP contribution in [0.1, 0.15) is 12.8 Å². The number of allylic oxidation sites excluding steroid dienone is 1. The fourth-order valence-corrected chi connectivity index (χ4v) is 1.48. The highest BCUT2D eigenvalue weighted by molar-refractivity contribution is 9.10. The highest BCUT2D eigenvalue weighted by atomic mass is 79.9. The fourth-order valence-electron chi connectivity index (χ4n) is 1.08. The zero-order valence-corrected chi connectivity index (χ0v) is 9.18. The van der Waals surface area contributed by atoms with Crippen LogP contribution in [0.25, 0.3) is 0 Å². The first-order valence-electron chi connectivity index (χ1n) is 4.43. The van der Waals surface area contributed by atoms with Crippen molar-refractivity contribution in [2.75, 3.05) is 11.9 Å². The van der Waals surface area contributed by atoms with E-state index in [-0.39, 0.29) is 0 Å². The third-order valence-corrected chi connectivity index (χ3v) is 2.23. The summed E-state index contributed by atoms with van der Waals surface area (Å²) >= 11 is 3.43. The van der Waals surface area contributed by atoms with Gasteiger partial charge in [-0.05, 0) is 31.0 Å². The number of hydrogen-bond acceptors (Lipinski definition) is 1. The number of unbranched alkanes of at least 4 members (excludes halogenated alkanes) is 1. The van der Waals surface area contributed by atoms with E-state index < -0.39 is 0 Å². The first-order valence-corrected chi connectivity index (χ1v) is 5.22. The molecule has 0 saturated heterocycles. The molecular formula is C11H14BrN. The van der Waals surface area contributed by atoms with Crippen LogP contribution >= 0.6 is 15.9 Å². The third-order valence-electron chi connectivity index (χ3n) is 1.74. The average molecular weight is 240 g/mol. The summed E-state index contributed by atoms with van der Waals surface area (Å²) in [6.45, 7) is 4.69. The van der Waals surface area contributed by atoms with Gasteiger partial charge in [0.2, 0.25) is 0 Å². The minimum absolute atomic E-state index is 1.00. The highest BCUT2D eigenvalue weighted by Crippen LogP contribution is 2.15. The van der Waals surface area contributed by atoms with Crippen molar-refractivity contribution in [3.05, 3.63) is 41.4 Å². The molecule has 70 valence electrons. The Hall–Kier alpha value is -0.760. The van der Waals surface area contributed by atoms with Crippen LogP contribution in [0.15, 0.2) is 41.4 Å². The summed E-state index contributed by atoms with van der Waals surface area (Å²) < 4.78 is 1.11. The van der Waals surface area contributed by atoms with Gasteiger partial charge in [-0.1, -0.05) is 28.1 Å². The van der Waals surface area contributed by atoms with E-state index in [1.807, 2.05) is 18.2 Å². The van der Waals surface area contributed by atoms with Gasteiger partial charge in [-0.25, -0.2) is 0 Å². The Bertz CT molecular complexity index is 271. The summed E-state index contributed by atoms with van der Waals surface area (Å²) in [4.78, 5) is 0. The van der Waals surface area contributed by atoms with Gasteiger partial charge in [0, 0.05) is 16.7 Å². The van der Waals surface area contributed by atoms with Gasteiger partial charge >= 0.3 is 0 Å². The van der Waals surface area contributed by atoms with Crippen LogP contribution in [-0.4, -0.2) is 6.54 Å². The molecule has 0 aliphatic carbocycles. The van der Waals surface area contributed by atoms with E-state index in [0.717, 1.165) is 23.9 Å². The Balaban J connectivity index is 2.32. The predicted octanol–water partition coefficient (Wildman–Crippen LogP) is 3.83. The third kappa shape index (κ3) is 4.13. The molecule has 0 aliphatic rings. The lowest BCUT2D eigenvalue weighted by molar-refractivity contribution is 0.891. The average Bonchev–Trinajstić information content (AvgIpc) is 2.13. The smallest absolute Gasteiger partial charge is 0.0351 e. The number of hydrogen-bond donors (Lipinski definition) is 1. The Labute approximate surface area is 88.0 Å². The van der Waals surface area contributed by atoms with Crippen LogP contribution in [0, 0.1) is 0 Å². The topological polar surface area (TPSA) is 12.0 Å². The van der Waals surface area contributed by atoms with Crippen LogP contribution < -0.4 is 5.32 Å². The number of anilines is 1. The van der Waals surface area contributed by atoms with Gasteiger partial charge in [0.15, 0.2) is 0 Å². The van der Waals surface area contributed by atoms with E-state index in [1.54, 1.807) is 0 Å². The molecule has 0 amide bonds. The molecule has 0 bridgehead atoms. The van der Waals surface area contributed by atoms with Crippen LogP contribution in [0.4, 0.5) is 5.69 Å². The fraction of sp³-hybridized carbons (Fsp3) is 0.273. The van der Waals surface area contributed by atoms with Crippen molar-refractivity contribution in [2.45, 2.75) is 12.8 Å². The summed E-state index contributed by atoms with van der Waals surface area (Å²) in [7, 11) is 0. The van der Waals surface area contributed by atoms with Crippen molar-refractivity contribution in [1.82, 2.24) is 0 Å². The largest absolute Gasteiger partial charge is 0.385 e.